The van der Waals surface area contributed by atoms with Crippen LogP contribution in [0.1, 0.15) is 24.0 Å². The van der Waals surface area contributed by atoms with Crippen LogP contribution in [0.2, 0.25) is 0 Å². The van der Waals surface area contributed by atoms with Gasteiger partial charge in [-0.2, -0.15) is 5.10 Å². The number of benzene rings is 2. The number of nitro groups is 1. The summed E-state index contributed by atoms with van der Waals surface area (Å²) in [5.74, 6) is -0.352. The van der Waals surface area contributed by atoms with Crippen molar-refractivity contribution in [1.29, 1.82) is 0 Å². The Balaban J connectivity index is 1.65. The minimum absolute atomic E-state index is 0.106. The molecule has 154 valence electrons. The molecule has 1 aromatic heterocycles. The van der Waals surface area contributed by atoms with E-state index in [1.807, 2.05) is 31.2 Å². The Labute approximate surface area is 173 Å². The van der Waals surface area contributed by atoms with Gasteiger partial charge in [0.25, 0.3) is 11.2 Å². The van der Waals surface area contributed by atoms with Gasteiger partial charge in [-0.15, -0.1) is 0 Å². The van der Waals surface area contributed by atoms with Crippen LogP contribution in [0.4, 0.5) is 11.4 Å². The number of nitrogens with zero attached hydrogens (tertiary/aromatic N) is 3. The van der Waals surface area contributed by atoms with Crippen molar-refractivity contribution in [3.05, 3.63) is 86.2 Å². The summed E-state index contributed by atoms with van der Waals surface area (Å²) in [6.07, 6.45) is 0.476. The number of nitro benzene ring substituents is 1. The molecule has 0 saturated heterocycles. The molecule has 8 nitrogen and oxygen atoms in total. The Morgan fingerprint density at radius 1 is 1.10 bits per heavy atom. The molecule has 0 spiro atoms. The number of aromatic nitrogens is 2. The van der Waals surface area contributed by atoms with E-state index in [1.54, 1.807) is 25.1 Å². The molecule has 0 bridgehead atoms. The smallest absolute Gasteiger partial charge is 0.293 e. The first kappa shape index (κ1) is 20.9. The van der Waals surface area contributed by atoms with Gasteiger partial charge in [-0.25, -0.2) is 4.68 Å². The number of anilines is 1. The SMILES string of the molecule is Cc1ccc(-c2ccc(=O)n(CCCC(=O)Nc3c(C)cccc3[N+](=O)[O-])n2)cc1. The van der Waals surface area contributed by atoms with Crippen LogP contribution in [0.5, 0.6) is 0 Å². The van der Waals surface area contributed by atoms with E-state index in [1.165, 1.54) is 16.8 Å². The first-order valence-corrected chi connectivity index (χ1v) is 9.54. The van der Waals surface area contributed by atoms with Gasteiger partial charge in [0.05, 0.1) is 10.6 Å². The lowest BCUT2D eigenvalue weighted by Gasteiger charge is -2.10. The van der Waals surface area contributed by atoms with Gasteiger partial charge in [-0.3, -0.25) is 19.7 Å². The lowest BCUT2D eigenvalue weighted by Crippen LogP contribution is -2.23. The highest BCUT2D eigenvalue weighted by molar-refractivity contribution is 5.94. The maximum atomic E-state index is 12.3. The molecule has 3 aromatic rings. The second-order valence-electron chi connectivity index (χ2n) is 7.02. The Bertz CT molecular complexity index is 1140. The first-order valence-electron chi connectivity index (χ1n) is 9.54. The third-order valence-corrected chi connectivity index (χ3v) is 4.70. The van der Waals surface area contributed by atoms with Gasteiger partial charge < -0.3 is 5.32 Å². The molecule has 0 unspecified atom stereocenters. The van der Waals surface area contributed by atoms with Crippen LogP contribution in [-0.4, -0.2) is 20.6 Å². The zero-order chi connectivity index (χ0) is 21.7. The van der Waals surface area contributed by atoms with Crippen LogP contribution < -0.4 is 10.9 Å². The Hall–Kier alpha value is -3.81. The first-order chi connectivity index (χ1) is 14.3. The van der Waals surface area contributed by atoms with E-state index in [0.717, 1.165) is 11.1 Å². The number of hydrogen-bond acceptors (Lipinski definition) is 5. The van der Waals surface area contributed by atoms with Crippen molar-refractivity contribution in [2.75, 3.05) is 5.32 Å². The van der Waals surface area contributed by atoms with Gasteiger partial charge in [-0.1, -0.05) is 42.0 Å². The third kappa shape index (κ3) is 4.96. The molecule has 0 atom stereocenters. The summed E-state index contributed by atoms with van der Waals surface area (Å²) in [6, 6.07) is 15.6. The second kappa shape index (κ2) is 9.13. The van der Waals surface area contributed by atoms with E-state index in [2.05, 4.69) is 10.4 Å². The zero-order valence-corrected chi connectivity index (χ0v) is 16.8. The van der Waals surface area contributed by atoms with Crippen LogP contribution in [0.25, 0.3) is 11.3 Å². The van der Waals surface area contributed by atoms with Crippen molar-refractivity contribution in [3.8, 4) is 11.3 Å². The normalized spacial score (nSPS) is 10.6. The molecule has 1 N–H and O–H groups in total. The lowest BCUT2D eigenvalue weighted by atomic mass is 10.1. The predicted molar refractivity (Wildman–Crippen MR) is 114 cm³/mol. The van der Waals surface area contributed by atoms with Crippen molar-refractivity contribution >= 4 is 17.3 Å². The molecule has 8 heteroatoms. The van der Waals surface area contributed by atoms with Crippen molar-refractivity contribution < 1.29 is 9.72 Å². The molecule has 0 saturated carbocycles. The van der Waals surface area contributed by atoms with Gasteiger partial charge in [-0.05, 0) is 31.9 Å². The van der Waals surface area contributed by atoms with Crippen LogP contribution in [0.3, 0.4) is 0 Å². The summed E-state index contributed by atoms with van der Waals surface area (Å²) in [6.45, 7) is 3.96. The average Bonchev–Trinajstić information content (AvgIpc) is 2.71. The summed E-state index contributed by atoms with van der Waals surface area (Å²) in [5, 5.41) is 18.2. The molecular formula is C22H22N4O4. The third-order valence-electron chi connectivity index (χ3n) is 4.70. The number of hydrogen-bond donors (Lipinski definition) is 1. The van der Waals surface area contributed by atoms with E-state index >= 15 is 0 Å². The molecule has 0 fully saturated rings. The van der Waals surface area contributed by atoms with Crippen LogP contribution in [0.15, 0.2) is 59.4 Å². The highest BCUT2D eigenvalue weighted by Gasteiger charge is 2.17. The number of para-hydroxylation sites is 1. The number of amides is 1. The molecule has 1 amide bonds. The summed E-state index contributed by atoms with van der Waals surface area (Å²) in [5.41, 5.74) is 3.12. The maximum Gasteiger partial charge on any atom is 0.293 e. The quantitative estimate of drug-likeness (QED) is 0.474. The summed E-state index contributed by atoms with van der Waals surface area (Å²) in [4.78, 5) is 35.0. The molecule has 0 aliphatic carbocycles. The molecule has 30 heavy (non-hydrogen) atoms. The second-order valence-corrected chi connectivity index (χ2v) is 7.02. The minimum Gasteiger partial charge on any atom is -0.320 e. The van der Waals surface area contributed by atoms with Gasteiger partial charge in [0, 0.05) is 30.7 Å². The molecular weight excluding hydrogens is 384 g/mol. The molecule has 3 rings (SSSR count). The van der Waals surface area contributed by atoms with Crippen molar-refractivity contribution in [1.82, 2.24) is 9.78 Å². The van der Waals surface area contributed by atoms with Gasteiger partial charge >= 0.3 is 0 Å². The van der Waals surface area contributed by atoms with Crippen molar-refractivity contribution in [2.24, 2.45) is 0 Å². The monoisotopic (exact) mass is 406 g/mol. The van der Waals surface area contributed by atoms with E-state index in [4.69, 9.17) is 0 Å². The molecule has 0 radical (unpaired) electrons. The molecule has 1 heterocycles. The van der Waals surface area contributed by atoms with Crippen molar-refractivity contribution in [3.63, 3.8) is 0 Å². The zero-order valence-electron chi connectivity index (χ0n) is 16.8. The van der Waals surface area contributed by atoms with E-state index < -0.39 is 4.92 Å². The van der Waals surface area contributed by atoms with Crippen LogP contribution >= 0.6 is 0 Å². The number of nitrogens with one attached hydrogen (secondary N) is 1. The molecule has 2 aromatic carbocycles. The van der Waals surface area contributed by atoms with E-state index in [-0.39, 0.29) is 35.8 Å². The average molecular weight is 406 g/mol. The standard InChI is InChI=1S/C22H22N4O4/c1-15-8-10-17(11-9-15)18-12-13-21(28)25(24-18)14-4-7-20(27)23-22-16(2)5-3-6-19(22)26(29)30/h3,5-6,8-13H,4,7,14H2,1-2H3,(H,23,27). The number of aryl methyl sites for hydroxylation is 3. The van der Waals surface area contributed by atoms with Crippen LogP contribution in [-0.2, 0) is 11.3 Å². The predicted octanol–water partition coefficient (Wildman–Crippen LogP) is 3.85. The van der Waals surface area contributed by atoms with Gasteiger partial charge in [0.1, 0.15) is 5.69 Å². The number of rotatable bonds is 7. The fourth-order valence-electron chi connectivity index (χ4n) is 3.05. The summed E-state index contributed by atoms with van der Waals surface area (Å²) < 4.78 is 1.33. The molecule has 0 aliphatic heterocycles. The Kier molecular flexibility index (Phi) is 6.36. The number of carbonyl (C=O) groups is 1. The largest absolute Gasteiger partial charge is 0.320 e. The maximum absolute atomic E-state index is 12.3. The highest BCUT2D eigenvalue weighted by atomic mass is 16.6. The van der Waals surface area contributed by atoms with Gasteiger partial charge in [0.15, 0.2) is 0 Å². The highest BCUT2D eigenvalue weighted by Crippen LogP contribution is 2.27. The molecule has 0 aliphatic rings. The number of carbonyl (C=O) groups excluding carboxylic acids is 1. The Morgan fingerprint density at radius 2 is 1.83 bits per heavy atom. The summed E-state index contributed by atoms with van der Waals surface area (Å²) >= 11 is 0. The van der Waals surface area contributed by atoms with Gasteiger partial charge in [0.2, 0.25) is 5.91 Å². The fraction of sp³-hybridized carbons (Fsp3) is 0.227. The lowest BCUT2D eigenvalue weighted by molar-refractivity contribution is -0.384. The minimum atomic E-state index is -0.525. The van der Waals surface area contributed by atoms with Crippen molar-refractivity contribution in [2.45, 2.75) is 33.2 Å². The van der Waals surface area contributed by atoms with E-state index in [0.29, 0.717) is 17.7 Å². The fourth-order valence-corrected chi connectivity index (χ4v) is 3.05. The van der Waals surface area contributed by atoms with E-state index in [9.17, 15) is 19.7 Å². The summed E-state index contributed by atoms with van der Waals surface area (Å²) in [7, 11) is 0. The Morgan fingerprint density at radius 3 is 2.53 bits per heavy atom. The topological polar surface area (TPSA) is 107 Å². The van der Waals surface area contributed by atoms with Crippen LogP contribution in [0, 0.1) is 24.0 Å².